The molecular formula is C14H17ClN2O. The van der Waals surface area contributed by atoms with Gasteiger partial charge >= 0.3 is 0 Å². The van der Waals surface area contributed by atoms with Gasteiger partial charge in [0.1, 0.15) is 6.10 Å². The summed E-state index contributed by atoms with van der Waals surface area (Å²) in [6.45, 7) is 1.77. The molecule has 18 heavy (non-hydrogen) atoms. The van der Waals surface area contributed by atoms with Crippen LogP contribution in [0, 0.1) is 0 Å². The number of nitrogens with zero attached hydrogens (tertiary/aromatic N) is 1. The molecule has 2 unspecified atom stereocenters. The van der Waals surface area contributed by atoms with Crippen molar-refractivity contribution in [2.45, 2.75) is 31.4 Å². The maximum atomic E-state index is 6.00. The molecule has 4 heteroatoms. The number of benzene rings is 1. The van der Waals surface area contributed by atoms with E-state index < -0.39 is 0 Å². The SMILES string of the molecule is Clc1cccc(C2CN=C(C3CCCCN3)O2)c1. The first kappa shape index (κ1) is 12.0. The lowest BCUT2D eigenvalue weighted by Gasteiger charge is -2.23. The molecule has 0 aliphatic carbocycles. The van der Waals surface area contributed by atoms with Crippen LogP contribution in [0.3, 0.4) is 0 Å². The molecule has 2 heterocycles. The summed E-state index contributed by atoms with van der Waals surface area (Å²) in [6, 6.07) is 8.15. The van der Waals surface area contributed by atoms with Crippen molar-refractivity contribution >= 4 is 17.5 Å². The van der Waals surface area contributed by atoms with E-state index in [2.05, 4.69) is 10.3 Å². The van der Waals surface area contributed by atoms with E-state index >= 15 is 0 Å². The van der Waals surface area contributed by atoms with Crippen LogP contribution in [0.4, 0.5) is 0 Å². The molecule has 1 aromatic rings. The normalized spacial score (nSPS) is 27.7. The number of hydrogen-bond donors (Lipinski definition) is 1. The summed E-state index contributed by atoms with van der Waals surface area (Å²) in [5.41, 5.74) is 1.11. The zero-order valence-corrected chi connectivity index (χ0v) is 11.0. The van der Waals surface area contributed by atoms with Crippen molar-refractivity contribution in [3.05, 3.63) is 34.9 Å². The van der Waals surface area contributed by atoms with Crippen LogP contribution in [0.2, 0.25) is 5.02 Å². The molecule has 0 bridgehead atoms. The van der Waals surface area contributed by atoms with E-state index in [1.165, 1.54) is 12.8 Å². The molecule has 0 spiro atoms. The van der Waals surface area contributed by atoms with Crippen LogP contribution >= 0.6 is 11.6 Å². The van der Waals surface area contributed by atoms with Gasteiger partial charge in [-0.3, -0.25) is 0 Å². The smallest absolute Gasteiger partial charge is 0.201 e. The van der Waals surface area contributed by atoms with Crippen molar-refractivity contribution in [1.82, 2.24) is 5.32 Å². The Balaban J connectivity index is 1.66. The molecule has 3 nitrogen and oxygen atoms in total. The fourth-order valence-electron chi connectivity index (χ4n) is 2.53. The Morgan fingerprint density at radius 2 is 2.28 bits per heavy atom. The maximum absolute atomic E-state index is 6.00. The lowest BCUT2D eigenvalue weighted by Crippen LogP contribution is -2.40. The Hall–Kier alpha value is -1.06. The van der Waals surface area contributed by atoms with E-state index in [9.17, 15) is 0 Å². The molecule has 0 amide bonds. The summed E-state index contributed by atoms with van der Waals surface area (Å²) in [4.78, 5) is 4.54. The van der Waals surface area contributed by atoms with E-state index in [1.54, 1.807) is 0 Å². The minimum atomic E-state index is 0.0300. The van der Waals surface area contributed by atoms with Gasteiger partial charge in [0.15, 0.2) is 0 Å². The highest BCUT2D eigenvalue weighted by atomic mass is 35.5. The molecule has 0 saturated carbocycles. The second kappa shape index (κ2) is 5.29. The lowest BCUT2D eigenvalue weighted by molar-refractivity contribution is 0.213. The molecule has 2 atom stereocenters. The Bertz CT molecular complexity index is 455. The van der Waals surface area contributed by atoms with Crippen LogP contribution < -0.4 is 5.32 Å². The van der Waals surface area contributed by atoms with Crippen molar-refractivity contribution in [3.63, 3.8) is 0 Å². The number of piperidine rings is 1. The fraction of sp³-hybridized carbons (Fsp3) is 0.500. The summed E-state index contributed by atoms with van der Waals surface area (Å²) in [5.74, 6) is 0.875. The minimum Gasteiger partial charge on any atom is -0.470 e. The first-order valence-corrected chi connectivity index (χ1v) is 6.90. The van der Waals surface area contributed by atoms with Gasteiger partial charge in [-0.05, 0) is 37.1 Å². The highest BCUT2D eigenvalue weighted by Gasteiger charge is 2.28. The Labute approximate surface area is 112 Å². The average Bonchev–Trinajstić information content (AvgIpc) is 2.89. The first-order valence-electron chi connectivity index (χ1n) is 6.53. The highest BCUT2D eigenvalue weighted by molar-refractivity contribution is 6.30. The van der Waals surface area contributed by atoms with Crippen LogP contribution in [0.1, 0.15) is 30.9 Å². The summed E-state index contributed by atoms with van der Waals surface area (Å²) in [7, 11) is 0. The predicted molar refractivity (Wildman–Crippen MR) is 73.2 cm³/mol. The summed E-state index contributed by atoms with van der Waals surface area (Å²) in [6.07, 6.45) is 3.66. The van der Waals surface area contributed by atoms with E-state index in [-0.39, 0.29) is 6.10 Å². The second-order valence-corrected chi connectivity index (χ2v) is 5.28. The minimum absolute atomic E-state index is 0.0300. The molecule has 3 rings (SSSR count). The zero-order chi connectivity index (χ0) is 12.4. The van der Waals surface area contributed by atoms with Gasteiger partial charge in [-0.1, -0.05) is 30.2 Å². The Morgan fingerprint density at radius 1 is 1.33 bits per heavy atom. The molecular weight excluding hydrogens is 248 g/mol. The number of rotatable bonds is 2. The first-order chi connectivity index (χ1) is 8.83. The third-order valence-corrected chi connectivity index (χ3v) is 3.74. The Kier molecular flexibility index (Phi) is 3.52. The quantitative estimate of drug-likeness (QED) is 0.891. The fourth-order valence-corrected chi connectivity index (χ4v) is 2.73. The maximum Gasteiger partial charge on any atom is 0.201 e. The van der Waals surface area contributed by atoms with E-state index in [1.807, 2.05) is 24.3 Å². The third-order valence-electron chi connectivity index (χ3n) is 3.50. The lowest BCUT2D eigenvalue weighted by atomic mass is 10.1. The Morgan fingerprint density at radius 3 is 3.06 bits per heavy atom. The van der Waals surface area contributed by atoms with E-state index in [0.29, 0.717) is 12.6 Å². The largest absolute Gasteiger partial charge is 0.470 e. The van der Waals surface area contributed by atoms with Crippen LogP contribution in [0.15, 0.2) is 29.3 Å². The number of hydrogen-bond acceptors (Lipinski definition) is 3. The molecule has 2 aliphatic heterocycles. The molecule has 0 radical (unpaired) electrons. The molecule has 1 saturated heterocycles. The van der Waals surface area contributed by atoms with Gasteiger partial charge in [-0.15, -0.1) is 0 Å². The number of ether oxygens (including phenoxy) is 1. The van der Waals surface area contributed by atoms with Gasteiger partial charge in [0.05, 0.1) is 12.6 Å². The molecule has 1 N–H and O–H groups in total. The molecule has 1 fully saturated rings. The predicted octanol–water partition coefficient (Wildman–Crippen LogP) is 2.95. The van der Waals surface area contributed by atoms with E-state index in [4.69, 9.17) is 16.3 Å². The summed E-state index contributed by atoms with van der Waals surface area (Å²) in [5, 5.41) is 4.21. The number of nitrogens with one attached hydrogen (secondary N) is 1. The average molecular weight is 265 g/mol. The van der Waals surface area contributed by atoms with Gasteiger partial charge in [-0.2, -0.15) is 0 Å². The number of aliphatic imine (C=N–C) groups is 1. The third kappa shape index (κ3) is 2.52. The van der Waals surface area contributed by atoms with Gasteiger partial charge in [-0.25, -0.2) is 4.99 Å². The van der Waals surface area contributed by atoms with Crippen molar-refractivity contribution in [2.75, 3.05) is 13.1 Å². The van der Waals surface area contributed by atoms with E-state index in [0.717, 1.165) is 29.4 Å². The van der Waals surface area contributed by atoms with Gasteiger partial charge in [0.2, 0.25) is 5.90 Å². The summed E-state index contributed by atoms with van der Waals surface area (Å²) < 4.78 is 5.97. The standard InChI is InChI=1S/C14H17ClN2O/c15-11-5-3-4-10(8-11)13-9-17-14(18-13)12-6-1-2-7-16-12/h3-5,8,12-13,16H,1-2,6-7,9H2. The molecule has 96 valence electrons. The van der Waals surface area contributed by atoms with Gasteiger partial charge in [0.25, 0.3) is 0 Å². The highest BCUT2D eigenvalue weighted by Crippen LogP contribution is 2.27. The van der Waals surface area contributed by atoms with Crippen molar-refractivity contribution in [2.24, 2.45) is 4.99 Å². The monoisotopic (exact) mass is 264 g/mol. The molecule has 2 aliphatic rings. The van der Waals surface area contributed by atoms with Crippen molar-refractivity contribution in [1.29, 1.82) is 0 Å². The number of halogens is 1. The van der Waals surface area contributed by atoms with Crippen LogP contribution in [-0.4, -0.2) is 25.0 Å². The molecule has 1 aromatic carbocycles. The summed E-state index contributed by atoms with van der Waals surface area (Å²) >= 11 is 6.00. The molecule has 0 aromatic heterocycles. The van der Waals surface area contributed by atoms with Crippen molar-refractivity contribution < 1.29 is 4.74 Å². The van der Waals surface area contributed by atoms with Crippen LogP contribution in [0.25, 0.3) is 0 Å². The van der Waals surface area contributed by atoms with Crippen LogP contribution in [0.5, 0.6) is 0 Å². The van der Waals surface area contributed by atoms with Gasteiger partial charge < -0.3 is 10.1 Å². The van der Waals surface area contributed by atoms with Crippen molar-refractivity contribution in [3.8, 4) is 0 Å². The topological polar surface area (TPSA) is 33.6 Å². The van der Waals surface area contributed by atoms with Gasteiger partial charge in [0, 0.05) is 5.02 Å². The van der Waals surface area contributed by atoms with Crippen LogP contribution in [-0.2, 0) is 4.74 Å². The zero-order valence-electron chi connectivity index (χ0n) is 10.2. The second-order valence-electron chi connectivity index (χ2n) is 4.84.